The number of hydrogen-bond acceptors (Lipinski definition) is 1. The summed E-state index contributed by atoms with van der Waals surface area (Å²) in [6, 6.07) is 15.5. The molecule has 3 aromatic rings. The highest BCUT2D eigenvalue weighted by atomic mass is 35.5. The molecular formula is C17H15ClN2O. The second kappa shape index (κ2) is 6.02. The predicted molar refractivity (Wildman–Crippen MR) is 85.3 cm³/mol. The van der Waals surface area contributed by atoms with Crippen molar-refractivity contribution in [2.45, 2.75) is 13.0 Å². The van der Waals surface area contributed by atoms with Gasteiger partial charge in [-0.1, -0.05) is 35.9 Å². The van der Waals surface area contributed by atoms with Gasteiger partial charge < -0.3 is 10.3 Å². The van der Waals surface area contributed by atoms with Gasteiger partial charge in [-0.15, -0.1) is 0 Å². The summed E-state index contributed by atoms with van der Waals surface area (Å²) < 4.78 is 0. The molecule has 0 saturated carbocycles. The molecule has 1 aromatic heterocycles. The third kappa shape index (κ3) is 3.44. The number of amides is 1. The zero-order chi connectivity index (χ0) is 14.7. The van der Waals surface area contributed by atoms with Gasteiger partial charge in [0.05, 0.1) is 6.42 Å². The second-order valence-electron chi connectivity index (χ2n) is 4.98. The van der Waals surface area contributed by atoms with Crippen LogP contribution in [0.1, 0.15) is 11.1 Å². The Morgan fingerprint density at radius 3 is 2.62 bits per heavy atom. The van der Waals surface area contributed by atoms with Gasteiger partial charge in [0.1, 0.15) is 0 Å². The van der Waals surface area contributed by atoms with Crippen LogP contribution in [0.5, 0.6) is 0 Å². The van der Waals surface area contributed by atoms with E-state index in [4.69, 9.17) is 11.6 Å². The molecule has 0 unspecified atom stereocenters. The molecule has 3 rings (SSSR count). The highest BCUT2D eigenvalue weighted by Gasteiger charge is 2.05. The number of aromatic nitrogens is 1. The molecule has 0 spiro atoms. The van der Waals surface area contributed by atoms with Gasteiger partial charge in [-0.2, -0.15) is 0 Å². The van der Waals surface area contributed by atoms with Crippen LogP contribution in [-0.2, 0) is 17.8 Å². The molecule has 0 fully saturated rings. The number of carbonyl (C=O) groups is 1. The van der Waals surface area contributed by atoms with Crippen molar-refractivity contribution in [2.24, 2.45) is 0 Å². The van der Waals surface area contributed by atoms with Crippen LogP contribution in [0, 0.1) is 0 Å². The Bertz CT molecular complexity index is 762. The van der Waals surface area contributed by atoms with Crippen molar-refractivity contribution in [3.8, 4) is 0 Å². The van der Waals surface area contributed by atoms with E-state index < -0.39 is 0 Å². The maximum Gasteiger partial charge on any atom is 0.224 e. The van der Waals surface area contributed by atoms with Crippen molar-refractivity contribution < 1.29 is 4.79 Å². The SMILES string of the molecule is O=C(Cc1ccc2cc[nH]c2c1)NCc1ccc(Cl)cc1. The van der Waals surface area contributed by atoms with E-state index in [9.17, 15) is 4.79 Å². The second-order valence-corrected chi connectivity index (χ2v) is 5.42. The molecule has 0 atom stereocenters. The van der Waals surface area contributed by atoms with E-state index in [0.29, 0.717) is 18.0 Å². The Hall–Kier alpha value is -2.26. The molecule has 4 heteroatoms. The molecule has 2 aromatic carbocycles. The van der Waals surface area contributed by atoms with Gasteiger partial charge in [-0.05, 0) is 40.8 Å². The van der Waals surface area contributed by atoms with Crippen LogP contribution in [0.15, 0.2) is 54.7 Å². The van der Waals surface area contributed by atoms with Gasteiger partial charge in [0.2, 0.25) is 5.91 Å². The predicted octanol–water partition coefficient (Wildman–Crippen LogP) is 3.68. The van der Waals surface area contributed by atoms with Crippen LogP contribution in [0.3, 0.4) is 0 Å². The highest BCUT2D eigenvalue weighted by Crippen LogP contribution is 2.14. The van der Waals surface area contributed by atoms with Crippen LogP contribution < -0.4 is 5.32 Å². The molecular weight excluding hydrogens is 284 g/mol. The Morgan fingerprint density at radius 1 is 1.05 bits per heavy atom. The van der Waals surface area contributed by atoms with Crippen molar-refractivity contribution in [1.29, 1.82) is 0 Å². The lowest BCUT2D eigenvalue weighted by Gasteiger charge is -2.06. The molecule has 0 aliphatic carbocycles. The molecule has 0 saturated heterocycles. The number of carbonyl (C=O) groups excluding carboxylic acids is 1. The van der Waals surface area contributed by atoms with Crippen molar-refractivity contribution in [3.05, 3.63) is 70.9 Å². The average Bonchev–Trinajstić information content (AvgIpc) is 2.94. The minimum atomic E-state index is 0.0101. The first kappa shape index (κ1) is 13.7. The van der Waals surface area contributed by atoms with Crippen LogP contribution in [-0.4, -0.2) is 10.9 Å². The fraction of sp³-hybridized carbons (Fsp3) is 0.118. The van der Waals surface area contributed by atoms with Gasteiger partial charge in [0, 0.05) is 23.3 Å². The first-order valence-corrected chi connectivity index (χ1v) is 7.16. The molecule has 1 heterocycles. The number of H-pyrrole nitrogens is 1. The van der Waals surface area contributed by atoms with E-state index in [1.54, 1.807) is 0 Å². The van der Waals surface area contributed by atoms with E-state index in [1.807, 2.05) is 54.7 Å². The fourth-order valence-electron chi connectivity index (χ4n) is 2.26. The molecule has 1 amide bonds. The highest BCUT2D eigenvalue weighted by molar-refractivity contribution is 6.30. The average molecular weight is 299 g/mol. The quantitative estimate of drug-likeness (QED) is 0.758. The summed E-state index contributed by atoms with van der Waals surface area (Å²) in [7, 11) is 0. The topological polar surface area (TPSA) is 44.9 Å². The lowest BCUT2D eigenvalue weighted by molar-refractivity contribution is -0.120. The van der Waals surface area contributed by atoms with E-state index in [2.05, 4.69) is 10.3 Å². The smallest absolute Gasteiger partial charge is 0.224 e. The largest absolute Gasteiger partial charge is 0.361 e. The lowest BCUT2D eigenvalue weighted by Crippen LogP contribution is -2.24. The molecule has 2 N–H and O–H groups in total. The van der Waals surface area contributed by atoms with E-state index >= 15 is 0 Å². The summed E-state index contributed by atoms with van der Waals surface area (Å²) in [4.78, 5) is 15.1. The van der Waals surface area contributed by atoms with Crippen LogP contribution in [0.4, 0.5) is 0 Å². The third-order valence-electron chi connectivity index (χ3n) is 3.39. The molecule has 0 aliphatic rings. The van der Waals surface area contributed by atoms with E-state index in [-0.39, 0.29) is 5.91 Å². The zero-order valence-corrected chi connectivity index (χ0v) is 12.2. The third-order valence-corrected chi connectivity index (χ3v) is 3.64. The summed E-state index contributed by atoms with van der Waals surface area (Å²) in [5.41, 5.74) is 3.09. The molecule has 3 nitrogen and oxygen atoms in total. The molecule has 106 valence electrons. The monoisotopic (exact) mass is 298 g/mol. The zero-order valence-electron chi connectivity index (χ0n) is 11.4. The molecule has 0 bridgehead atoms. The Balaban J connectivity index is 1.59. The van der Waals surface area contributed by atoms with Gasteiger partial charge in [0.15, 0.2) is 0 Å². The minimum Gasteiger partial charge on any atom is -0.361 e. The number of aromatic amines is 1. The summed E-state index contributed by atoms with van der Waals surface area (Å²) in [5, 5.41) is 4.77. The number of benzene rings is 2. The fourth-order valence-corrected chi connectivity index (χ4v) is 2.38. The van der Waals surface area contributed by atoms with Crippen molar-refractivity contribution in [1.82, 2.24) is 10.3 Å². The number of halogens is 1. The Labute approximate surface area is 127 Å². The van der Waals surface area contributed by atoms with E-state index in [0.717, 1.165) is 22.0 Å². The van der Waals surface area contributed by atoms with Crippen molar-refractivity contribution in [3.63, 3.8) is 0 Å². The van der Waals surface area contributed by atoms with Crippen LogP contribution >= 0.6 is 11.6 Å². The number of fused-ring (bicyclic) bond motifs is 1. The van der Waals surface area contributed by atoms with E-state index in [1.165, 1.54) is 0 Å². The number of rotatable bonds is 4. The lowest BCUT2D eigenvalue weighted by atomic mass is 10.1. The summed E-state index contributed by atoms with van der Waals surface area (Å²) in [6.07, 6.45) is 2.28. The van der Waals surface area contributed by atoms with Gasteiger partial charge in [0.25, 0.3) is 0 Å². The summed E-state index contributed by atoms with van der Waals surface area (Å²) in [6.45, 7) is 0.515. The number of nitrogens with one attached hydrogen (secondary N) is 2. The van der Waals surface area contributed by atoms with Gasteiger partial charge >= 0.3 is 0 Å². The molecule has 0 aliphatic heterocycles. The van der Waals surface area contributed by atoms with Crippen molar-refractivity contribution in [2.75, 3.05) is 0 Å². The standard InChI is InChI=1S/C17H15ClN2O/c18-15-5-2-12(3-6-15)11-20-17(21)10-13-1-4-14-7-8-19-16(14)9-13/h1-9,19H,10-11H2,(H,20,21). The number of hydrogen-bond donors (Lipinski definition) is 2. The summed E-state index contributed by atoms with van der Waals surface area (Å²) in [5.74, 6) is 0.0101. The van der Waals surface area contributed by atoms with Gasteiger partial charge in [-0.3, -0.25) is 4.79 Å². The van der Waals surface area contributed by atoms with Crippen molar-refractivity contribution >= 4 is 28.4 Å². The maximum atomic E-state index is 12.0. The first-order chi connectivity index (χ1) is 10.2. The van der Waals surface area contributed by atoms with Crippen LogP contribution in [0.2, 0.25) is 5.02 Å². The minimum absolute atomic E-state index is 0.0101. The van der Waals surface area contributed by atoms with Gasteiger partial charge in [-0.25, -0.2) is 0 Å². The molecule has 0 radical (unpaired) electrons. The Kier molecular flexibility index (Phi) is 3.93. The van der Waals surface area contributed by atoms with Crippen LogP contribution in [0.25, 0.3) is 10.9 Å². The first-order valence-electron chi connectivity index (χ1n) is 6.78. The summed E-state index contributed by atoms with van der Waals surface area (Å²) >= 11 is 5.83. The Morgan fingerprint density at radius 2 is 1.81 bits per heavy atom. The normalized spacial score (nSPS) is 10.7. The molecule has 21 heavy (non-hydrogen) atoms. The maximum absolute atomic E-state index is 12.0.